The first-order valence-corrected chi connectivity index (χ1v) is 12.1. The van der Waals surface area contributed by atoms with Gasteiger partial charge >= 0.3 is 5.97 Å². The molecule has 172 valence electrons. The van der Waals surface area contributed by atoms with Crippen LogP contribution in [0.15, 0.2) is 60.7 Å². The van der Waals surface area contributed by atoms with Crippen LogP contribution in [0.3, 0.4) is 0 Å². The standard InChI is InChI=1S/C26H33NO4S/c1-4-5-16-24(26(30)31-17-21-12-8-6-9-13-21)27-25(29)23(18-32-20(3)28)19(2)22-14-10-7-11-15-22/h6-15,19,23-24H,4-5,16-18H2,1-3H3,(H,27,29)/t19?,23?,24-/m0/s1. The summed E-state index contributed by atoms with van der Waals surface area (Å²) < 4.78 is 5.50. The Morgan fingerprint density at radius 1 is 1.00 bits per heavy atom. The van der Waals surface area contributed by atoms with Crippen molar-refractivity contribution in [2.24, 2.45) is 5.92 Å². The van der Waals surface area contributed by atoms with Crippen LogP contribution in [0.4, 0.5) is 0 Å². The van der Waals surface area contributed by atoms with Crippen molar-refractivity contribution in [3.63, 3.8) is 0 Å². The van der Waals surface area contributed by atoms with E-state index in [9.17, 15) is 14.4 Å². The van der Waals surface area contributed by atoms with Gasteiger partial charge in [0.1, 0.15) is 12.6 Å². The molecular weight excluding hydrogens is 422 g/mol. The second-order valence-electron chi connectivity index (χ2n) is 7.91. The van der Waals surface area contributed by atoms with Crippen LogP contribution in [0, 0.1) is 5.92 Å². The number of ether oxygens (including phenoxy) is 1. The maximum Gasteiger partial charge on any atom is 0.328 e. The lowest BCUT2D eigenvalue weighted by atomic mass is 9.88. The highest BCUT2D eigenvalue weighted by Crippen LogP contribution is 2.28. The Balaban J connectivity index is 2.11. The highest BCUT2D eigenvalue weighted by molar-refractivity contribution is 8.13. The first-order valence-electron chi connectivity index (χ1n) is 11.1. The summed E-state index contributed by atoms with van der Waals surface area (Å²) >= 11 is 1.14. The van der Waals surface area contributed by atoms with E-state index in [0.29, 0.717) is 12.2 Å². The third kappa shape index (κ3) is 8.50. The number of rotatable bonds is 12. The first-order chi connectivity index (χ1) is 15.4. The van der Waals surface area contributed by atoms with Gasteiger partial charge in [0.05, 0.1) is 5.92 Å². The average Bonchev–Trinajstić information content (AvgIpc) is 2.81. The van der Waals surface area contributed by atoms with Crippen LogP contribution in [0.5, 0.6) is 0 Å². The minimum absolute atomic E-state index is 0.0344. The molecule has 0 heterocycles. The molecule has 6 heteroatoms. The van der Waals surface area contributed by atoms with Crippen LogP contribution in [-0.2, 0) is 25.7 Å². The molecule has 1 N–H and O–H groups in total. The molecule has 32 heavy (non-hydrogen) atoms. The van der Waals surface area contributed by atoms with E-state index < -0.39 is 17.9 Å². The fourth-order valence-corrected chi connectivity index (χ4v) is 4.26. The number of hydrogen-bond donors (Lipinski definition) is 1. The van der Waals surface area contributed by atoms with Crippen LogP contribution in [0.25, 0.3) is 0 Å². The number of unbranched alkanes of at least 4 members (excludes halogenated alkanes) is 1. The number of nitrogens with one attached hydrogen (secondary N) is 1. The number of carbonyl (C=O) groups is 3. The number of amides is 1. The molecule has 1 amide bonds. The van der Waals surface area contributed by atoms with Gasteiger partial charge in [-0.15, -0.1) is 0 Å². The molecule has 2 unspecified atom stereocenters. The molecule has 0 bridgehead atoms. The van der Waals surface area contributed by atoms with Gasteiger partial charge in [-0.3, -0.25) is 9.59 Å². The summed E-state index contributed by atoms with van der Waals surface area (Å²) in [6.07, 6.45) is 2.22. The molecule has 2 aromatic carbocycles. The Kier molecular flexibility index (Phi) is 11.0. The highest BCUT2D eigenvalue weighted by atomic mass is 32.2. The van der Waals surface area contributed by atoms with Gasteiger partial charge in [0.25, 0.3) is 0 Å². The number of esters is 1. The smallest absolute Gasteiger partial charge is 0.328 e. The number of benzene rings is 2. The molecule has 0 aliphatic rings. The zero-order valence-corrected chi connectivity index (χ0v) is 19.9. The molecule has 0 saturated heterocycles. The molecule has 0 radical (unpaired) electrons. The summed E-state index contributed by atoms with van der Waals surface area (Å²) in [5.41, 5.74) is 1.92. The lowest BCUT2D eigenvalue weighted by Gasteiger charge is -2.26. The van der Waals surface area contributed by atoms with Crippen molar-refractivity contribution in [3.8, 4) is 0 Å². The second-order valence-corrected chi connectivity index (χ2v) is 9.10. The Morgan fingerprint density at radius 3 is 2.22 bits per heavy atom. The largest absolute Gasteiger partial charge is 0.459 e. The third-order valence-electron chi connectivity index (χ3n) is 5.40. The summed E-state index contributed by atoms with van der Waals surface area (Å²) in [7, 11) is 0. The molecule has 0 aliphatic heterocycles. The molecule has 3 atom stereocenters. The molecule has 2 rings (SSSR count). The van der Waals surface area contributed by atoms with Crippen LogP contribution < -0.4 is 5.32 Å². The van der Waals surface area contributed by atoms with E-state index in [0.717, 1.165) is 35.7 Å². The Hall–Kier alpha value is -2.60. The van der Waals surface area contributed by atoms with Gasteiger partial charge in [0.15, 0.2) is 5.12 Å². The predicted octanol–water partition coefficient (Wildman–Crippen LogP) is 5.10. The van der Waals surface area contributed by atoms with Crippen molar-refractivity contribution in [1.82, 2.24) is 5.32 Å². The first kappa shape index (κ1) is 25.7. The van der Waals surface area contributed by atoms with Crippen molar-refractivity contribution in [1.29, 1.82) is 0 Å². The van der Waals surface area contributed by atoms with E-state index in [4.69, 9.17) is 4.74 Å². The van der Waals surface area contributed by atoms with Crippen LogP contribution in [0.2, 0.25) is 0 Å². The topological polar surface area (TPSA) is 72.5 Å². The average molecular weight is 456 g/mol. The molecular formula is C26H33NO4S. The summed E-state index contributed by atoms with van der Waals surface area (Å²) in [4.78, 5) is 37.6. The summed E-state index contributed by atoms with van der Waals surface area (Å²) in [5, 5.41) is 2.89. The Labute approximate surface area is 195 Å². The van der Waals surface area contributed by atoms with Gasteiger partial charge in [0, 0.05) is 12.7 Å². The van der Waals surface area contributed by atoms with Gasteiger partial charge in [-0.25, -0.2) is 4.79 Å². The van der Waals surface area contributed by atoms with E-state index in [1.165, 1.54) is 6.92 Å². The monoisotopic (exact) mass is 455 g/mol. The lowest BCUT2D eigenvalue weighted by Crippen LogP contribution is -2.46. The van der Waals surface area contributed by atoms with Crippen molar-refractivity contribution < 1.29 is 19.1 Å². The van der Waals surface area contributed by atoms with Crippen molar-refractivity contribution in [2.75, 3.05) is 5.75 Å². The van der Waals surface area contributed by atoms with Crippen LogP contribution >= 0.6 is 11.8 Å². The Bertz CT molecular complexity index is 857. The van der Waals surface area contributed by atoms with Gasteiger partial charge in [-0.2, -0.15) is 0 Å². The number of thioether (sulfide) groups is 1. The van der Waals surface area contributed by atoms with E-state index in [1.807, 2.05) is 74.5 Å². The SMILES string of the molecule is CCCC[C@H](NC(=O)C(CSC(C)=O)C(C)c1ccccc1)C(=O)OCc1ccccc1. The number of carbonyl (C=O) groups excluding carboxylic acids is 3. The quantitative estimate of drug-likeness (QED) is 0.451. The van der Waals surface area contributed by atoms with Gasteiger partial charge in [-0.05, 0) is 23.5 Å². The van der Waals surface area contributed by atoms with Gasteiger partial charge in [0.2, 0.25) is 5.91 Å². The lowest BCUT2D eigenvalue weighted by molar-refractivity contribution is -0.149. The summed E-state index contributed by atoms with van der Waals surface area (Å²) in [5.74, 6) is -0.849. The molecule has 0 aromatic heterocycles. The van der Waals surface area contributed by atoms with E-state index in [1.54, 1.807) is 0 Å². The van der Waals surface area contributed by atoms with Crippen molar-refractivity contribution in [2.45, 2.75) is 58.6 Å². The van der Waals surface area contributed by atoms with Crippen LogP contribution in [0.1, 0.15) is 57.1 Å². The molecule has 0 fully saturated rings. The molecule has 0 spiro atoms. The fraction of sp³-hybridized carbons (Fsp3) is 0.423. The number of hydrogen-bond acceptors (Lipinski definition) is 5. The maximum absolute atomic E-state index is 13.3. The predicted molar refractivity (Wildman–Crippen MR) is 129 cm³/mol. The zero-order chi connectivity index (χ0) is 23.3. The molecule has 5 nitrogen and oxygen atoms in total. The highest BCUT2D eigenvalue weighted by Gasteiger charge is 2.31. The minimum atomic E-state index is -0.709. The van der Waals surface area contributed by atoms with Gasteiger partial charge in [-0.1, -0.05) is 99.1 Å². The Morgan fingerprint density at radius 2 is 1.62 bits per heavy atom. The van der Waals surface area contributed by atoms with E-state index in [2.05, 4.69) is 5.32 Å². The molecule has 0 saturated carbocycles. The maximum atomic E-state index is 13.3. The van der Waals surface area contributed by atoms with Crippen LogP contribution in [-0.4, -0.2) is 28.8 Å². The molecule has 2 aromatic rings. The summed E-state index contributed by atoms with van der Waals surface area (Å²) in [6, 6.07) is 18.5. The molecule has 0 aliphatic carbocycles. The minimum Gasteiger partial charge on any atom is -0.459 e. The normalized spacial score (nSPS) is 13.6. The zero-order valence-electron chi connectivity index (χ0n) is 19.1. The van der Waals surface area contributed by atoms with Gasteiger partial charge < -0.3 is 10.1 Å². The van der Waals surface area contributed by atoms with E-state index >= 15 is 0 Å². The third-order valence-corrected chi connectivity index (χ3v) is 6.34. The van der Waals surface area contributed by atoms with Crippen molar-refractivity contribution in [3.05, 3.63) is 71.8 Å². The fourth-order valence-electron chi connectivity index (χ4n) is 3.41. The van der Waals surface area contributed by atoms with E-state index in [-0.39, 0.29) is 23.5 Å². The van der Waals surface area contributed by atoms with Crippen molar-refractivity contribution >= 4 is 28.8 Å². The second kappa shape index (κ2) is 13.7. The summed E-state index contributed by atoms with van der Waals surface area (Å²) in [6.45, 7) is 5.69.